The van der Waals surface area contributed by atoms with E-state index in [0.717, 1.165) is 18.7 Å². The van der Waals surface area contributed by atoms with Crippen LogP contribution >= 0.6 is 0 Å². The van der Waals surface area contributed by atoms with Gasteiger partial charge >= 0.3 is 0 Å². The average molecular weight is 294 g/mol. The molecule has 1 aliphatic rings. The third kappa shape index (κ3) is 4.56. The molecule has 7 heteroatoms. The monoisotopic (exact) mass is 294 g/mol. The lowest BCUT2D eigenvalue weighted by molar-refractivity contribution is -0.129. The summed E-state index contributed by atoms with van der Waals surface area (Å²) >= 11 is 0. The zero-order valence-electron chi connectivity index (χ0n) is 12.3. The largest absolute Gasteiger partial charge is 0.383 e. The van der Waals surface area contributed by atoms with E-state index in [9.17, 15) is 9.59 Å². The molecule has 0 aromatic carbocycles. The fourth-order valence-corrected chi connectivity index (χ4v) is 2.41. The lowest BCUT2D eigenvalue weighted by atomic mass is 10.1. The van der Waals surface area contributed by atoms with Crippen LogP contribution < -0.4 is 5.32 Å². The molecule has 7 nitrogen and oxygen atoms in total. The van der Waals surface area contributed by atoms with Gasteiger partial charge in [0, 0.05) is 52.0 Å². The SMILES string of the molecule is COCCN1CC(C(=O)NCCCc2ncc[nH]2)CC1=O. The maximum absolute atomic E-state index is 12.0. The van der Waals surface area contributed by atoms with E-state index in [4.69, 9.17) is 4.74 Å². The van der Waals surface area contributed by atoms with E-state index in [1.165, 1.54) is 0 Å². The van der Waals surface area contributed by atoms with Crippen molar-refractivity contribution in [2.45, 2.75) is 19.3 Å². The first-order valence-corrected chi connectivity index (χ1v) is 7.23. The van der Waals surface area contributed by atoms with Crippen LogP contribution in [0.1, 0.15) is 18.7 Å². The summed E-state index contributed by atoms with van der Waals surface area (Å²) in [6, 6.07) is 0. The van der Waals surface area contributed by atoms with Gasteiger partial charge in [-0.15, -0.1) is 0 Å². The number of carbonyl (C=O) groups excluding carboxylic acids is 2. The van der Waals surface area contributed by atoms with Crippen molar-refractivity contribution in [1.82, 2.24) is 20.2 Å². The highest BCUT2D eigenvalue weighted by Crippen LogP contribution is 2.17. The third-order valence-electron chi connectivity index (χ3n) is 3.60. The number of aromatic amines is 1. The number of nitrogens with zero attached hydrogens (tertiary/aromatic N) is 2. The Hall–Kier alpha value is -1.89. The van der Waals surface area contributed by atoms with E-state index in [1.54, 1.807) is 24.4 Å². The van der Waals surface area contributed by atoms with E-state index in [2.05, 4.69) is 15.3 Å². The van der Waals surface area contributed by atoms with Crippen LogP contribution in [-0.4, -0.2) is 60.0 Å². The molecule has 2 amide bonds. The second-order valence-corrected chi connectivity index (χ2v) is 5.16. The maximum Gasteiger partial charge on any atom is 0.225 e. The molecule has 1 aliphatic heterocycles. The summed E-state index contributed by atoms with van der Waals surface area (Å²) in [4.78, 5) is 32.6. The van der Waals surface area contributed by atoms with Crippen LogP contribution in [0.5, 0.6) is 0 Å². The van der Waals surface area contributed by atoms with Gasteiger partial charge in [0.15, 0.2) is 0 Å². The van der Waals surface area contributed by atoms with E-state index in [-0.39, 0.29) is 17.7 Å². The van der Waals surface area contributed by atoms with E-state index in [0.29, 0.717) is 32.7 Å². The Morgan fingerprint density at radius 1 is 1.62 bits per heavy atom. The van der Waals surface area contributed by atoms with Gasteiger partial charge in [0.05, 0.1) is 12.5 Å². The molecule has 0 bridgehead atoms. The number of amides is 2. The molecule has 21 heavy (non-hydrogen) atoms. The van der Waals surface area contributed by atoms with E-state index >= 15 is 0 Å². The number of nitrogens with one attached hydrogen (secondary N) is 2. The first-order valence-electron chi connectivity index (χ1n) is 7.23. The summed E-state index contributed by atoms with van der Waals surface area (Å²) in [6.07, 6.45) is 5.43. The Labute approximate surface area is 124 Å². The lowest BCUT2D eigenvalue weighted by Gasteiger charge is -2.15. The smallest absolute Gasteiger partial charge is 0.225 e. The van der Waals surface area contributed by atoms with Crippen molar-refractivity contribution >= 4 is 11.8 Å². The molecule has 1 unspecified atom stereocenters. The minimum atomic E-state index is -0.238. The van der Waals surface area contributed by atoms with Crippen molar-refractivity contribution in [3.63, 3.8) is 0 Å². The average Bonchev–Trinajstić information content (AvgIpc) is 3.11. The molecule has 2 heterocycles. The molecule has 1 saturated heterocycles. The van der Waals surface area contributed by atoms with Crippen LogP contribution in [0, 0.1) is 5.92 Å². The third-order valence-corrected chi connectivity index (χ3v) is 3.60. The minimum Gasteiger partial charge on any atom is -0.383 e. The van der Waals surface area contributed by atoms with Crippen LogP contribution in [-0.2, 0) is 20.7 Å². The molecule has 0 radical (unpaired) electrons. The second-order valence-electron chi connectivity index (χ2n) is 5.16. The molecule has 1 fully saturated rings. The Bertz CT molecular complexity index is 461. The number of hydrogen-bond acceptors (Lipinski definition) is 4. The predicted molar refractivity (Wildman–Crippen MR) is 76.5 cm³/mol. The fourth-order valence-electron chi connectivity index (χ4n) is 2.41. The maximum atomic E-state index is 12.0. The summed E-state index contributed by atoms with van der Waals surface area (Å²) in [5.41, 5.74) is 0. The summed E-state index contributed by atoms with van der Waals surface area (Å²) in [5.74, 6) is 0.675. The number of H-pyrrole nitrogens is 1. The topological polar surface area (TPSA) is 87.3 Å². The molecule has 2 N–H and O–H groups in total. The van der Waals surface area contributed by atoms with E-state index < -0.39 is 0 Å². The molecular formula is C14H22N4O3. The van der Waals surface area contributed by atoms with Gasteiger partial charge in [-0.1, -0.05) is 0 Å². The van der Waals surface area contributed by atoms with Crippen molar-refractivity contribution in [1.29, 1.82) is 0 Å². The number of rotatable bonds is 8. The normalized spacial score (nSPS) is 18.2. The minimum absolute atomic E-state index is 0.0304. The Balaban J connectivity index is 1.65. The van der Waals surface area contributed by atoms with Crippen LogP contribution in [0.3, 0.4) is 0 Å². The number of likely N-dealkylation sites (tertiary alicyclic amines) is 1. The number of carbonyl (C=O) groups is 2. The quantitative estimate of drug-likeness (QED) is 0.658. The van der Waals surface area contributed by atoms with Gasteiger partial charge in [0.25, 0.3) is 0 Å². The zero-order valence-corrected chi connectivity index (χ0v) is 12.3. The molecule has 0 saturated carbocycles. The van der Waals surface area contributed by atoms with Crippen LogP contribution in [0.4, 0.5) is 0 Å². The zero-order chi connectivity index (χ0) is 15.1. The second kappa shape index (κ2) is 7.78. The summed E-state index contributed by atoms with van der Waals surface area (Å²) in [6.45, 7) is 2.15. The molecule has 116 valence electrons. The first kappa shape index (κ1) is 15.5. The molecule has 1 aromatic rings. The summed E-state index contributed by atoms with van der Waals surface area (Å²) < 4.78 is 4.96. The number of aryl methyl sites for hydroxylation is 1. The Morgan fingerprint density at radius 3 is 3.19 bits per heavy atom. The predicted octanol–water partition coefficient (Wildman–Crippen LogP) is -0.0466. The molecular weight excluding hydrogens is 272 g/mol. The van der Waals surface area contributed by atoms with Gasteiger partial charge < -0.3 is 19.9 Å². The summed E-state index contributed by atoms with van der Waals surface area (Å²) in [7, 11) is 1.60. The van der Waals surface area contributed by atoms with Gasteiger partial charge in [-0.25, -0.2) is 4.98 Å². The Kier molecular flexibility index (Phi) is 5.74. The molecule has 1 aromatic heterocycles. The van der Waals surface area contributed by atoms with Gasteiger partial charge in [-0.3, -0.25) is 9.59 Å². The molecule has 1 atom stereocenters. The van der Waals surface area contributed by atoms with Crippen molar-refractivity contribution in [3.8, 4) is 0 Å². The van der Waals surface area contributed by atoms with Gasteiger partial charge in [-0.05, 0) is 6.42 Å². The Morgan fingerprint density at radius 2 is 2.48 bits per heavy atom. The standard InChI is InChI=1S/C14H22N4O3/c1-21-8-7-18-10-11(9-13(18)19)14(20)17-4-2-3-12-15-5-6-16-12/h5-6,11H,2-4,7-10H2,1H3,(H,15,16)(H,17,20). The van der Waals surface area contributed by atoms with Crippen molar-refractivity contribution in [2.24, 2.45) is 5.92 Å². The number of methoxy groups -OCH3 is 1. The van der Waals surface area contributed by atoms with Gasteiger partial charge in [-0.2, -0.15) is 0 Å². The fraction of sp³-hybridized carbons (Fsp3) is 0.643. The highest BCUT2D eigenvalue weighted by atomic mass is 16.5. The van der Waals surface area contributed by atoms with Crippen molar-refractivity contribution < 1.29 is 14.3 Å². The molecule has 0 spiro atoms. The number of aromatic nitrogens is 2. The van der Waals surface area contributed by atoms with E-state index in [1.807, 2.05) is 0 Å². The van der Waals surface area contributed by atoms with Gasteiger partial charge in [0.2, 0.25) is 11.8 Å². The molecule has 0 aliphatic carbocycles. The lowest BCUT2D eigenvalue weighted by Crippen LogP contribution is -2.34. The van der Waals surface area contributed by atoms with Crippen molar-refractivity contribution in [2.75, 3.05) is 33.4 Å². The highest BCUT2D eigenvalue weighted by Gasteiger charge is 2.33. The first-order chi connectivity index (χ1) is 10.2. The number of hydrogen-bond donors (Lipinski definition) is 2. The highest BCUT2D eigenvalue weighted by molar-refractivity contribution is 5.89. The van der Waals surface area contributed by atoms with Gasteiger partial charge in [0.1, 0.15) is 5.82 Å². The van der Waals surface area contributed by atoms with Crippen LogP contribution in [0.2, 0.25) is 0 Å². The van der Waals surface area contributed by atoms with Crippen molar-refractivity contribution in [3.05, 3.63) is 18.2 Å². The summed E-state index contributed by atoms with van der Waals surface area (Å²) in [5, 5.41) is 2.89. The van der Waals surface area contributed by atoms with Crippen LogP contribution in [0.25, 0.3) is 0 Å². The number of ether oxygens (including phenoxy) is 1. The number of imidazole rings is 1. The molecule has 2 rings (SSSR count). The van der Waals surface area contributed by atoms with Crippen LogP contribution in [0.15, 0.2) is 12.4 Å².